The number of aliphatic hydroxyl groups is 3. The molecule has 0 saturated heterocycles. The number of rotatable bonds is 26. The van der Waals surface area contributed by atoms with Crippen LogP contribution in [-0.2, 0) is 0 Å². The summed E-state index contributed by atoms with van der Waals surface area (Å²) in [7, 11) is 0. The molecule has 32 heavy (non-hydrogen) atoms. The van der Waals surface area contributed by atoms with Crippen LogP contribution in [0.15, 0.2) is 0 Å². The second kappa shape index (κ2) is 25.4. The molecule has 5 nitrogen and oxygen atoms in total. The van der Waals surface area contributed by atoms with Crippen molar-refractivity contribution in [2.45, 2.75) is 110 Å². The first-order valence-electron chi connectivity index (χ1n) is 13.9. The number of nitrogens with zero attached hydrogens (tertiary/aromatic N) is 2. The summed E-state index contributed by atoms with van der Waals surface area (Å²) >= 11 is 0. The fraction of sp³-hybridized carbons (Fsp3) is 1.00. The largest absolute Gasteiger partial charge is 0.395 e. The lowest BCUT2D eigenvalue weighted by molar-refractivity contribution is 0.147. The summed E-state index contributed by atoms with van der Waals surface area (Å²) in [5.74, 6) is 0.867. The van der Waals surface area contributed by atoms with Crippen molar-refractivity contribution in [3.63, 3.8) is 0 Å². The zero-order chi connectivity index (χ0) is 23.7. The van der Waals surface area contributed by atoms with Crippen LogP contribution in [-0.4, -0.2) is 84.2 Å². The molecule has 0 heterocycles. The van der Waals surface area contributed by atoms with Gasteiger partial charge in [-0.3, -0.25) is 4.90 Å². The minimum Gasteiger partial charge on any atom is -0.395 e. The average molecular weight is 459 g/mol. The van der Waals surface area contributed by atoms with Gasteiger partial charge in [0.15, 0.2) is 0 Å². The highest BCUT2D eigenvalue weighted by atomic mass is 16.3. The summed E-state index contributed by atoms with van der Waals surface area (Å²) in [6.07, 6.45) is 20.4. The van der Waals surface area contributed by atoms with Crippen molar-refractivity contribution in [2.75, 3.05) is 59.1 Å². The quantitative estimate of drug-likeness (QED) is 0.158. The van der Waals surface area contributed by atoms with Crippen molar-refractivity contribution in [3.8, 4) is 0 Å². The highest BCUT2D eigenvalue weighted by molar-refractivity contribution is 4.62. The van der Waals surface area contributed by atoms with E-state index in [-0.39, 0.29) is 19.8 Å². The zero-order valence-corrected chi connectivity index (χ0v) is 21.8. The summed E-state index contributed by atoms with van der Waals surface area (Å²) in [6.45, 7) is 10.1. The molecule has 0 bridgehead atoms. The normalized spacial score (nSPS) is 12.0. The Balaban J connectivity index is 3.51. The van der Waals surface area contributed by atoms with Crippen LogP contribution >= 0.6 is 0 Å². The van der Waals surface area contributed by atoms with Crippen LogP contribution in [0.2, 0.25) is 0 Å². The van der Waals surface area contributed by atoms with E-state index >= 15 is 0 Å². The first-order chi connectivity index (χ1) is 15.6. The zero-order valence-electron chi connectivity index (χ0n) is 21.8. The molecule has 5 heteroatoms. The molecule has 0 spiro atoms. The molecular weight excluding hydrogens is 400 g/mol. The van der Waals surface area contributed by atoms with Gasteiger partial charge in [0.05, 0.1) is 19.8 Å². The second-order valence-electron chi connectivity index (χ2n) is 9.99. The molecule has 0 rings (SSSR count). The Morgan fingerprint density at radius 3 is 1.09 bits per heavy atom. The molecule has 194 valence electrons. The van der Waals surface area contributed by atoms with E-state index in [1.165, 1.54) is 89.9 Å². The highest BCUT2D eigenvalue weighted by Gasteiger charge is 2.07. The van der Waals surface area contributed by atoms with E-state index in [1.807, 2.05) is 0 Å². The minimum absolute atomic E-state index is 0.138. The summed E-state index contributed by atoms with van der Waals surface area (Å²) in [5.41, 5.74) is 0. The van der Waals surface area contributed by atoms with Crippen LogP contribution in [0, 0.1) is 5.92 Å². The summed E-state index contributed by atoms with van der Waals surface area (Å²) in [6, 6.07) is 0. The summed E-state index contributed by atoms with van der Waals surface area (Å²) in [4.78, 5) is 4.46. The lowest BCUT2D eigenvalue weighted by Crippen LogP contribution is -2.35. The Kier molecular flexibility index (Phi) is 25.3. The SMILES string of the molecule is CC(C)CCCCCCCCCCCCCCCN(CCO)CCCN(CCO)CCO. The van der Waals surface area contributed by atoms with Crippen LogP contribution in [0.25, 0.3) is 0 Å². The van der Waals surface area contributed by atoms with Gasteiger partial charge in [-0.25, -0.2) is 0 Å². The van der Waals surface area contributed by atoms with E-state index < -0.39 is 0 Å². The van der Waals surface area contributed by atoms with Crippen molar-refractivity contribution in [2.24, 2.45) is 5.92 Å². The van der Waals surface area contributed by atoms with Gasteiger partial charge in [0.25, 0.3) is 0 Å². The van der Waals surface area contributed by atoms with E-state index in [9.17, 15) is 5.11 Å². The number of hydrogen-bond donors (Lipinski definition) is 3. The van der Waals surface area contributed by atoms with Gasteiger partial charge in [0.1, 0.15) is 0 Å². The van der Waals surface area contributed by atoms with Crippen LogP contribution < -0.4 is 0 Å². The maximum absolute atomic E-state index is 9.33. The van der Waals surface area contributed by atoms with Gasteiger partial charge in [-0.15, -0.1) is 0 Å². The first kappa shape index (κ1) is 31.8. The molecule has 0 atom stereocenters. The molecule has 0 saturated carbocycles. The number of aliphatic hydroxyl groups excluding tert-OH is 3. The van der Waals surface area contributed by atoms with Gasteiger partial charge in [-0.1, -0.05) is 97.3 Å². The van der Waals surface area contributed by atoms with Gasteiger partial charge in [0.2, 0.25) is 0 Å². The molecule has 0 fully saturated rings. The second-order valence-corrected chi connectivity index (χ2v) is 9.99. The van der Waals surface area contributed by atoms with Gasteiger partial charge >= 0.3 is 0 Å². The lowest BCUT2D eigenvalue weighted by atomic mass is 10.0. The Hall–Kier alpha value is -0.200. The van der Waals surface area contributed by atoms with E-state index in [1.54, 1.807) is 0 Å². The van der Waals surface area contributed by atoms with Gasteiger partial charge in [-0.05, 0) is 38.4 Å². The third kappa shape index (κ3) is 23.0. The van der Waals surface area contributed by atoms with Crippen molar-refractivity contribution in [1.82, 2.24) is 9.80 Å². The average Bonchev–Trinajstić information content (AvgIpc) is 2.76. The van der Waals surface area contributed by atoms with Crippen LogP contribution in [0.3, 0.4) is 0 Å². The molecule has 0 amide bonds. The fourth-order valence-corrected chi connectivity index (χ4v) is 4.45. The van der Waals surface area contributed by atoms with Crippen molar-refractivity contribution < 1.29 is 15.3 Å². The number of hydrogen-bond acceptors (Lipinski definition) is 5. The maximum atomic E-state index is 9.33. The predicted octanol–water partition coefficient (Wildman–Crippen LogP) is 5.07. The molecule has 0 radical (unpaired) electrons. The van der Waals surface area contributed by atoms with Crippen molar-refractivity contribution in [1.29, 1.82) is 0 Å². The van der Waals surface area contributed by atoms with Crippen LogP contribution in [0.1, 0.15) is 110 Å². The molecule has 0 aliphatic heterocycles. The topological polar surface area (TPSA) is 67.2 Å². The van der Waals surface area contributed by atoms with Crippen molar-refractivity contribution in [3.05, 3.63) is 0 Å². The third-order valence-electron chi connectivity index (χ3n) is 6.45. The standard InChI is InChI=1S/C27H58N2O3/c1-27(2)17-14-12-10-8-6-4-3-5-7-9-11-13-15-18-28(21-24-30)19-16-20-29(22-25-31)23-26-32/h27,30-32H,3-26H2,1-2H3. The van der Waals surface area contributed by atoms with E-state index in [2.05, 4.69) is 23.6 Å². The van der Waals surface area contributed by atoms with Crippen LogP contribution in [0.5, 0.6) is 0 Å². The minimum atomic E-state index is 0.138. The van der Waals surface area contributed by atoms with Gasteiger partial charge < -0.3 is 20.2 Å². The Labute approximate surface area is 200 Å². The highest BCUT2D eigenvalue weighted by Crippen LogP contribution is 2.14. The van der Waals surface area contributed by atoms with Gasteiger partial charge in [-0.2, -0.15) is 0 Å². The van der Waals surface area contributed by atoms with Gasteiger partial charge in [0, 0.05) is 19.6 Å². The monoisotopic (exact) mass is 458 g/mol. The summed E-state index contributed by atoms with van der Waals surface area (Å²) < 4.78 is 0. The molecule has 0 aromatic heterocycles. The lowest BCUT2D eigenvalue weighted by Gasteiger charge is -2.24. The van der Waals surface area contributed by atoms with Crippen LogP contribution in [0.4, 0.5) is 0 Å². The molecule has 0 unspecified atom stereocenters. The van der Waals surface area contributed by atoms with E-state index in [4.69, 9.17) is 10.2 Å². The predicted molar refractivity (Wildman–Crippen MR) is 138 cm³/mol. The maximum Gasteiger partial charge on any atom is 0.0558 e. The first-order valence-corrected chi connectivity index (χ1v) is 13.9. The Bertz CT molecular complexity index is 350. The molecule has 3 N–H and O–H groups in total. The molecule has 0 aromatic carbocycles. The molecule has 0 aliphatic carbocycles. The third-order valence-corrected chi connectivity index (χ3v) is 6.45. The van der Waals surface area contributed by atoms with Crippen molar-refractivity contribution >= 4 is 0 Å². The Morgan fingerprint density at radius 2 is 0.719 bits per heavy atom. The smallest absolute Gasteiger partial charge is 0.0558 e. The number of unbranched alkanes of at least 4 members (excludes halogenated alkanes) is 12. The fourth-order valence-electron chi connectivity index (χ4n) is 4.45. The molecule has 0 aromatic rings. The molecular formula is C27H58N2O3. The van der Waals surface area contributed by atoms with E-state index in [0.717, 1.165) is 38.5 Å². The Morgan fingerprint density at radius 1 is 0.406 bits per heavy atom. The van der Waals surface area contributed by atoms with E-state index in [0.29, 0.717) is 13.1 Å². The summed E-state index contributed by atoms with van der Waals surface area (Å²) in [5, 5.41) is 27.5. The molecule has 0 aliphatic rings.